The van der Waals surface area contributed by atoms with E-state index >= 15 is 0 Å². The second kappa shape index (κ2) is 9.23. The van der Waals surface area contributed by atoms with Gasteiger partial charge in [0.25, 0.3) is 5.91 Å². The van der Waals surface area contributed by atoms with Crippen LogP contribution in [0, 0.1) is 0 Å². The zero-order chi connectivity index (χ0) is 23.6. The predicted molar refractivity (Wildman–Crippen MR) is 127 cm³/mol. The van der Waals surface area contributed by atoms with Crippen LogP contribution in [0.2, 0.25) is 0 Å². The summed E-state index contributed by atoms with van der Waals surface area (Å²) in [6, 6.07) is 11.2. The number of hydrogen-bond acceptors (Lipinski definition) is 5. The van der Waals surface area contributed by atoms with Gasteiger partial charge in [-0.2, -0.15) is 0 Å². The molecule has 0 radical (unpaired) electrons. The third kappa shape index (κ3) is 5.17. The second-order valence-electron chi connectivity index (χ2n) is 9.20. The van der Waals surface area contributed by atoms with Crippen molar-refractivity contribution in [2.75, 3.05) is 25.2 Å². The Morgan fingerprint density at radius 1 is 1.15 bits per heavy atom. The van der Waals surface area contributed by atoms with Gasteiger partial charge >= 0.3 is 6.09 Å². The molecule has 3 aromatic rings. The molecule has 0 atom stereocenters. The molecule has 3 heterocycles. The maximum absolute atomic E-state index is 13.1. The third-order valence-electron chi connectivity index (χ3n) is 5.55. The van der Waals surface area contributed by atoms with Gasteiger partial charge in [0.15, 0.2) is 0 Å². The van der Waals surface area contributed by atoms with Crippen LogP contribution in [-0.4, -0.2) is 53.3 Å². The van der Waals surface area contributed by atoms with Crippen LogP contribution in [0.15, 0.2) is 48.8 Å². The summed E-state index contributed by atoms with van der Waals surface area (Å²) < 4.78 is 12.8. The fourth-order valence-electron chi connectivity index (χ4n) is 3.81. The van der Waals surface area contributed by atoms with Crippen molar-refractivity contribution in [3.8, 4) is 11.3 Å². The smallest absolute Gasteiger partial charge is 0.414 e. The van der Waals surface area contributed by atoms with E-state index in [9.17, 15) is 9.59 Å². The number of carbonyl (C=O) groups is 2. The predicted octanol–water partition coefficient (Wildman–Crippen LogP) is 4.28. The van der Waals surface area contributed by atoms with Crippen LogP contribution in [-0.2, 0) is 9.47 Å². The summed E-state index contributed by atoms with van der Waals surface area (Å²) in [6.45, 7) is 6.82. The molecule has 0 saturated carbocycles. The van der Waals surface area contributed by atoms with E-state index in [4.69, 9.17) is 9.47 Å². The molecule has 0 spiro atoms. The lowest BCUT2D eigenvalue weighted by Crippen LogP contribution is -2.39. The summed E-state index contributed by atoms with van der Waals surface area (Å²) in [6.07, 6.45) is 4.75. The van der Waals surface area contributed by atoms with Crippen molar-refractivity contribution in [2.24, 2.45) is 0 Å². The first-order chi connectivity index (χ1) is 15.7. The van der Waals surface area contributed by atoms with Gasteiger partial charge in [-0.15, -0.1) is 0 Å². The molecular formula is C25H30N4O4. The highest BCUT2D eigenvalue weighted by Gasteiger charge is 2.23. The largest absolute Gasteiger partial charge is 0.443 e. The van der Waals surface area contributed by atoms with Crippen molar-refractivity contribution in [3.63, 3.8) is 0 Å². The number of pyridine rings is 1. The second-order valence-corrected chi connectivity index (χ2v) is 9.20. The summed E-state index contributed by atoms with van der Waals surface area (Å²) >= 11 is 0. The van der Waals surface area contributed by atoms with Crippen molar-refractivity contribution in [2.45, 2.75) is 45.3 Å². The van der Waals surface area contributed by atoms with Crippen molar-refractivity contribution in [1.29, 1.82) is 0 Å². The van der Waals surface area contributed by atoms with E-state index in [-0.39, 0.29) is 11.9 Å². The van der Waals surface area contributed by atoms with Crippen molar-refractivity contribution < 1.29 is 19.1 Å². The molecule has 4 rings (SSSR count). The number of anilines is 1. The van der Waals surface area contributed by atoms with Crippen LogP contribution < -0.4 is 10.2 Å². The maximum Gasteiger partial charge on any atom is 0.414 e. The number of carbonyl (C=O) groups excluding carboxylic acids is 2. The topological polar surface area (TPSA) is 85.2 Å². The van der Waals surface area contributed by atoms with Gasteiger partial charge in [0.1, 0.15) is 11.2 Å². The third-order valence-corrected chi connectivity index (χ3v) is 5.55. The molecular weight excluding hydrogens is 420 g/mol. The Hall–Kier alpha value is -3.39. The number of aromatic nitrogens is 2. The Morgan fingerprint density at radius 3 is 2.61 bits per heavy atom. The van der Waals surface area contributed by atoms with E-state index in [1.165, 1.54) is 4.90 Å². The minimum absolute atomic E-state index is 0.107. The number of benzene rings is 1. The molecule has 1 saturated heterocycles. The summed E-state index contributed by atoms with van der Waals surface area (Å²) in [7, 11) is 1.67. The number of nitrogens with zero attached hydrogens (tertiary/aromatic N) is 3. The highest BCUT2D eigenvalue weighted by atomic mass is 16.6. The molecule has 0 aliphatic carbocycles. The number of amides is 2. The van der Waals surface area contributed by atoms with Crippen LogP contribution in [0.25, 0.3) is 16.9 Å². The molecule has 1 aliphatic rings. The molecule has 2 amide bonds. The SMILES string of the molecule is CN(C(=O)OC(C)(C)C)c1ccc2ncc(-c3ccccc3C(=O)NC3CCOCC3)n2c1. The summed E-state index contributed by atoms with van der Waals surface area (Å²) in [5, 5.41) is 3.13. The van der Waals surface area contributed by atoms with E-state index in [1.54, 1.807) is 13.2 Å². The van der Waals surface area contributed by atoms with Crippen LogP contribution in [0.3, 0.4) is 0 Å². The molecule has 8 heteroatoms. The Kier molecular flexibility index (Phi) is 6.37. The van der Waals surface area contributed by atoms with Crippen LogP contribution in [0.1, 0.15) is 44.0 Å². The van der Waals surface area contributed by atoms with E-state index in [1.807, 2.05) is 67.8 Å². The number of imidazole rings is 1. The van der Waals surface area contributed by atoms with E-state index < -0.39 is 11.7 Å². The molecule has 8 nitrogen and oxygen atoms in total. The van der Waals surface area contributed by atoms with Crippen LogP contribution in [0.5, 0.6) is 0 Å². The molecule has 1 aromatic carbocycles. The summed E-state index contributed by atoms with van der Waals surface area (Å²) in [5.74, 6) is -0.116. The normalized spacial score (nSPS) is 14.8. The van der Waals surface area contributed by atoms with Crippen LogP contribution in [0.4, 0.5) is 10.5 Å². The molecule has 0 unspecified atom stereocenters. The minimum Gasteiger partial charge on any atom is -0.443 e. The average Bonchev–Trinajstić information content (AvgIpc) is 3.21. The van der Waals surface area contributed by atoms with Gasteiger partial charge < -0.3 is 14.8 Å². The molecule has 174 valence electrons. The van der Waals surface area contributed by atoms with Gasteiger partial charge in [0, 0.05) is 43.6 Å². The Labute approximate surface area is 193 Å². The minimum atomic E-state index is -0.591. The maximum atomic E-state index is 13.1. The van der Waals surface area contributed by atoms with Gasteiger partial charge in [-0.05, 0) is 51.8 Å². The lowest BCUT2D eigenvalue weighted by atomic mass is 10.0. The van der Waals surface area contributed by atoms with Crippen molar-refractivity contribution in [1.82, 2.24) is 14.7 Å². The highest BCUT2D eigenvalue weighted by molar-refractivity contribution is 6.01. The van der Waals surface area contributed by atoms with Gasteiger partial charge in [-0.1, -0.05) is 18.2 Å². The molecule has 1 fully saturated rings. The van der Waals surface area contributed by atoms with Gasteiger partial charge in [0.2, 0.25) is 0 Å². The van der Waals surface area contributed by atoms with E-state index in [0.717, 1.165) is 24.1 Å². The van der Waals surface area contributed by atoms with Gasteiger partial charge in [-0.3, -0.25) is 14.1 Å². The fourth-order valence-corrected chi connectivity index (χ4v) is 3.81. The zero-order valence-corrected chi connectivity index (χ0v) is 19.5. The standard InChI is InChI=1S/C25H30N4O4/c1-25(2,3)33-24(31)28(4)18-9-10-22-26-15-21(29(22)16-18)19-7-5-6-8-20(19)23(30)27-17-11-13-32-14-12-17/h5-10,15-17H,11-14H2,1-4H3,(H,27,30). The van der Waals surface area contributed by atoms with Gasteiger partial charge in [-0.25, -0.2) is 9.78 Å². The Bertz CT molecular complexity index is 1160. The number of ether oxygens (including phenoxy) is 2. The summed E-state index contributed by atoms with van der Waals surface area (Å²) in [4.78, 5) is 31.6. The molecule has 1 N–H and O–H groups in total. The number of hydrogen-bond donors (Lipinski definition) is 1. The first-order valence-electron chi connectivity index (χ1n) is 11.1. The molecule has 0 bridgehead atoms. The number of nitrogens with one attached hydrogen (secondary N) is 1. The quantitative estimate of drug-likeness (QED) is 0.641. The molecule has 1 aliphatic heterocycles. The highest BCUT2D eigenvalue weighted by Crippen LogP contribution is 2.27. The zero-order valence-electron chi connectivity index (χ0n) is 19.5. The Morgan fingerprint density at radius 2 is 1.88 bits per heavy atom. The number of fused-ring (bicyclic) bond motifs is 1. The lowest BCUT2D eigenvalue weighted by Gasteiger charge is -2.25. The molecule has 33 heavy (non-hydrogen) atoms. The van der Waals surface area contributed by atoms with Gasteiger partial charge in [0.05, 0.1) is 17.6 Å². The fraction of sp³-hybridized carbons (Fsp3) is 0.400. The summed E-state index contributed by atoms with van der Waals surface area (Å²) in [5.41, 5.74) is 2.89. The van der Waals surface area contributed by atoms with Crippen molar-refractivity contribution >= 4 is 23.3 Å². The molecule has 2 aromatic heterocycles. The Balaban J connectivity index is 1.66. The van der Waals surface area contributed by atoms with Crippen LogP contribution >= 0.6 is 0 Å². The first-order valence-corrected chi connectivity index (χ1v) is 11.1. The first kappa shape index (κ1) is 22.8. The lowest BCUT2D eigenvalue weighted by molar-refractivity contribution is 0.0588. The monoisotopic (exact) mass is 450 g/mol. The van der Waals surface area contributed by atoms with E-state index in [0.29, 0.717) is 30.1 Å². The van der Waals surface area contributed by atoms with Crippen molar-refractivity contribution in [3.05, 3.63) is 54.4 Å². The number of rotatable bonds is 4. The van der Waals surface area contributed by atoms with E-state index in [2.05, 4.69) is 10.3 Å². The average molecular weight is 451 g/mol.